The Morgan fingerprint density at radius 2 is 1.78 bits per heavy atom. The van der Waals surface area contributed by atoms with Gasteiger partial charge in [0.2, 0.25) is 11.8 Å². The van der Waals surface area contributed by atoms with E-state index >= 15 is 0 Å². The van der Waals surface area contributed by atoms with Crippen molar-refractivity contribution in [3.8, 4) is 5.75 Å². The second-order valence-electron chi connectivity index (χ2n) is 3.99. The van der Waals surface area contributed by atoms with Gasteiger partial charge in [-0.15, -0.1) is 0 Å². The van der Waals surface area contributed by atoms with Crippen LogP contribution in [0, 0.1) is 0 Å². The molecule has 0 spiro atoms. The van der Waals surface area contributed by atoms with Gasteiger partial charge >= 0.3 is 6.61 Å². The molecule has 96 valence electrons. The van der Waals surface area contributed by atoms with Crippen LogP contribution in [-0.4, -0.2) is 18.4 Å². The normalized spacial score (nSPS) is 16.8. The van der Waals surface area contributed by atoms with Crippen molar-refractivity contribution in [3.63, 3.8) is 0 Å². The third-order valence-electron chi connectivity index (χ3n) is 2.72. The van der Waals surface area contributed by atoms with E-state index in [0.717, 1.165) is 0 Å². The van der Waals surface area contributed by atoms with Gasteiger partial charge < -0.3 is 4.74 Å². The highest BCUT2D eigenvalue weighted by Gasteiger charge is 2.28. The van der Waals surface area contributed by atoms with Crippen molar-refractivity contribution < 1.29 is 23.1 Å². The molecule has 1 heterocycles. The maximum Gasteiger partial charge on any atom is 0.387 e. The molecule has 0 aromatic heterocycles. The fourth-order valence-electron chi connectivity index (χ4n) is 2.02. The van der Waals surface area contributed by atoms with E-state index < -0.39 is 24.3 Å². The first-order valence-electron chi connectivity index (χ1n) is 5.42. The summed E-state index contributed by atoms with van der Waals surface area (Å²) in [6.07, 6.45) is 0.185. The number of carbonyl (C=O) groups is 2. The third kappa shape index (κ3) is 2.82. The number of amides is 2. The quantitative estimate of drug-likeness (QED) is 0.838. The topological polar surface area (TPSA) is 55.4 Å². The van der Waals surface area contributed by atoms with Crippen LogP contribution in [0.15, 0.2) is 24.3 Å². The van der Waals surface area contributed by atoms with Crippen LogP contribution in [0.25, 0.3) is 0 Å². The maximum atomic E-state index is 12.3. The SMILES string of the molecule is O=C1CC(c2ccccc2OC(F)F)CC(=O)N1. The Morgan fingerprint density at radius 3 is 2.39 bits per heavy atom. The number of ether oxygens (including phenoxy) is 1. The molecule has 1 aromatic carbocycles. The lowest BCUT2D eigenvalue weighted by Crippen LogP contribution is -2.37. The van der Waals surface area contributed by atoms with Crippen molar-refractivity contribution in [3.05, 3.63) is 29.8 Å². The van der Waals surface area contributed by atoms with Gasteiger partial charge in [-0.2, -0.15) is 8.78 Å². The Bertz CT molecular complexity index is 460. The molecule has 1 aliphatic rings. The van der Waals surface area contributed by atoms with Crippen molar-refractivity contribution in [1.82, 2.24) is 5.32 Å². The first-order chi connectivity index (χ1) is 8.56. The number of hydrogen-bond acceptors (Lipinski definition) is 3. The van der Waals surface area contributed by atoms with Crippen LogP contribution in [-0.2, 0) is 9.59 Å². The van der Waals surface area contributed by atoms with E-state index in [-0.39, 0.29) is 18.6 Å². The maximum absolute atomic E-state index is 12.3. The number of imide groups is 1. The first-order valence-corrected chi connectivity index (χ1v) is 5.42. The number of rotatable bonds is 3. The van der Waals surface area contributed by atoms with Crippen LogP contribution in [0.1, 0.15) is 24.3 Å². The summed E-state index contributed by atoms with van der Waals surface area (Å²) >= 11 is 0. The summed E-state index contributed by atoms with van der Waals surface area (Å²) in [5.74, 6) is -1.20. The van der Waals surface area contributed by atoms with Crippen LogP contribution in [0.3, 0.4) is 0 Å². The van der Waals surface area contributed by atoms with Gasteiger partial charge in [-0.1, -0.05) is 18.2 Å². The van der Waals surface area contributed by atoms with E-state index in [9.17, 15) is 18.4 Å². The van der Waals surface area contributed by atoms with Gasteiger partial charge in [-0.25, -0.2) is 0 Å². The van der Waals surface area contributed by atoms with Gasteiger partial charge in [-0.05, 0) is 11.6 Å². The molecule has 1 aliphatic heterocycles. The van der Waals surface area contributed by atoms with Gasteiger partial charge in [0, 0.05) is 18.8 Å². The predicted molar refractivity (Wildman–Crippen MR) is 58.2 cm³/mol. The average molecular weight is 255 g/mol. The number of benzene rings is 1. The first kappa shape index (κ1) is 12.5. The van der Waals surface area contributed by atoms with Crippen LogP contribution in [0.5, 0.6) is 5.75 Å². The molecule has 0 radical (unpaired) electrons. The van der Waals surface area contributed by atoms with Crippen molar-refractivity contribution in [1.29, 1.82) is 0 Å². The second kappa shape index (κ2) is 5.12. The molecule has 18 heavy (non-hydrogen) atoms. The number of hydrogen-bond donors (Lipinski definition) is 1. The largest absolute Gasteiger partial charge is 0.435 e. The lowest BCUT2D eigenvalue weighted by molar-refractivity contribution is -0.133. The number of piperidine rings is 1. The van der Waals surface area contributed by atoms with Crippen molar-refractivity contribution in [2.45, 2.75) is 25.4 Å². The standard InChI is InChI=1S/C12H11F2NO3/c13-12(14)18-9-4-2-1-3-8(9)7-5-10(16)15-11(17)6-7/h1-4,7,12H,5-6H2,(H,15,16,17). The van der Waals surface area contributed by atoms with E-state index in [1.807, 2.05) is 0 Å². The monoisotopic (exact) mass is 255 g/mol. The average Bonchev–Trinajstić information content (AvgIpc) is 2.27. The molecule has 4 nitrogen and oxygen atoms in total. The van der Waals surface area contributed by atoms with Crippen molar-refractivity contribution in [2.75, 3.05) is 0 Å². The minimum absolute atomic E-state index is 0.0139. The van der Waals surface area contributed by atoms with Gasteiger partial charge in [0.1, 0.15) is 5.75 Å². The minimum Gasteiger partial charge on any atom is -0.435 e. The predicted octanol–water partition coefficient (Wildman–Crippen LogP) is 1.81. The molecular formula is C12H11F2NO3. The Kier molecular flexibility index (Phi) is 3.55. The zero-order valence-corrected chi connectivity index (χ0v) is 9.36. The molecule has 2 rings (SSSR count). The summed E-state index contributed by atoms with van der Waals surface area (Å²) in [6.45, 7) is -2.93. The van der Waals surface area contributed by atoms with Crippen LogP contribution >= 0.6 is 0 Å². The van der Waals surface area contributed by atoms with E-state index in [0.29, 0.717) is 5.56 Å². The van der Waals surface area contributed by atoms with E-state index in [1.165, 1.54) is 6.07 Å². The lowest BCUT2D eigenvalue weighted by Gasteiger charge is -2.23. The third-order valence-corrected chi connectivity index (χ3v) is 2.72. The molecule has 1 N–H and O–H groups in total. The second-order valence-corrected chi connectivity index (χ2v) is 3.99. The highest BCUT2D eigenvalue weighted by molar-refractivity contribution is 5.98. The zero-order chi connectivity index (χ0) is 13.1. The molecule has 1 fully saturated rings. The molecule has 1 saturated heterocycles. The summed E-state index contributed by atoms with van der Waals surface area (Å²) < 4.78 is 28.9. The van der Waals surface area contributed by atoms with Crippen LogP contribution in [0.4, 0.5) is 8.78 Å². The molecule has 1 aromatic rings. The Labute approximate surface area is 102 Å². The summed E-state index contributed by atoms with van der Waals surface area (Å²) in [7, 11) is 0. The van der Waals surface area contributed by atoms with E-state index in [4.69, 9.17) is 0 Å². The van der Waals surface area contributed by atoms with Crippen molar-refractivity contribution in [2.24, 2.45) is 0 Å². The smallest absolute Gasteiger partial charge is 0.387 e. The zero-order valence-electron chi connectivity index (χ0n) is 9.36. The molecule has 0 aliphatic carbocycles. The number of halogens is 2. The summed E-state index contributed by atoms with van der Waals surface area (Å²) in [4.78, 5) is 22.5. The summed E-state index contributed by atoms with van der Waals surface area (Å²) in [5, 5.41) is 2.17. The molecule has 0 atom stereocenters. The lowest BCUT2D eigenvalue weighted by atomic mass is 9.89. The highest BCUT2D eigenvalue weighted by atomic mass is 19.3. The van der Waals surface area contributed by atoms with Gasteiger partial charge in [0.25, 0.3) is 0 Å². The highest BCUT2D eigenvalue weighted by Crippen LogP contribution is 2.33. The number of alkyl halides is 2. The Morgan fingerprint density at radius 1 is 1.17 bits per heavy atom. The van der Waals surface area contributed by atoms with Crippen molar-refractivity contribution >= 4 is 11.8 Å². The Balaban J connectivity index is 2.26. The summed E-state index contributed by atoms with van der Waals surface area (Å²) in [6, 6.07) is 6.21. The Hall–Kier alpha value is -1.98. The number of carbonyl (C=O) groups excluding carboxylic acids is 2. The van der Waals surface area contributed by atoms with Crippen LogP contribution in [0.2, 0.25) is 0 Å². The molecular weight excluding hydrogens is 244 g/mol. The van der Waals surface area contributed by atoms with Gasteiger partial charge in [-0.3, -0.25) is 14.9 Å². The van der Waals surface area contributed by atoms with Gasteiger partial charge in [0.05, 0.1) is 0 Å². The fraction of sp³-hybridized carbons (Fsp3) is 0.333. The fourth-order valence-corrected chi connectivity index (χ4v) is 2.02. The number of para-hydroxylation sites is 1. The molecule has 2 amide bonds. The molecule has 0 unspecified atom stereocenters. The van der Waals surface area contributed by atoms with E-state index in [1.54, 1.807) is 18.2 Å². The van der Waals surface area contributed by atoms with E-state index in [2.05, 4.69) is 10.1 Å². The van der Waals surface area contributed by atoms with Gasteiger partial charge in [0.15, 0.2) is 0 Å². The molecule has 0 bridgehead atoms. The van der Waals surface area contributed by atoms with Crippen LogP contribution < -0.4 is 10.1 Å². The summed E-state index contributed by atoms with van der Waals surface area (Å²) in [5.41, 5.74) is 0.459. The number of nitrogens with one attached hydrogen (secondary N) is 1. The molecule has 6 heteroatoms. The molecule has 0 saturated carbocycles. The minimum atomic E-state index is -2.93.